The van der Waals surface area contributed by atoms with Crippen LogP contribution in [0.15, 0.2) is 36.4 Å². The molecule has 4 aliphatic heterocycles. The number of rotatable bonds is 5. The van der Waals surface area contributed by atoms with Gasteiger partial charge in [-0.25, -0.2) is 0 Å². The third kappa shape index (κ3) is 3.91. The van der Waals surface area contributed by atoms with E-state index in [0.717, 1.165) is 45.2 Å². The fourth-order valence-corrected chi connectivity index (χ4v) is 4.99. The predicted molar refractivity (Wildman–Crippen MR) is 115 cm³/mol. The molecule has 6 rings (SSSR count). The van der Waals surface area contributed by atoms with Crippen molar-refractivity contribution >= 4 is 11.7 Å². The molecule has 0 aliphatic carbocycles. The van der Waals surface area contributed by atoms with E-state index in [0.29, 0.717) is 29.2 Å². The van der Waals surface area contributed by atoms with Gasteiger partial charge in [0.25, 0.3) is 5.91 Å². The molecule has 4 aliphatic rings. The van der Waals surface area contributed by atoms with Crippen molar-refractivity contribution < 1.29 is 14.3 Å². The highest BCUT2D eigenvalue weighted by Gasteiger charge is 2.40. The van der Waals surface area contributed by atoms with Crippen LogP contribution in [0.5, 0.6) is 11.6 Å². The number of hydrogen-bond acceptors (Lipinski definition) is 5. The first-order chi connectivity index (χ1) is 14.7. The van der Waals surface area contributed by atoms with E-state index in [1.807, 2.05) is 36.4 Å². The Hall–Kier alpha value is -2.51. The molecule has 0 spiro atoms. The number of nitrogens with zero attached hydrogens (tertiary/aromatic N) is 2. The smallest absolute Gasteiger partial charge is 0.251 e. The van der Waals surface area contributed by atoms with Crippen LogP contribution in [0.4, 0.5) is 5.82 Å². The molecule has 2 N–H and O–H groups in total. The number of aromatic amines is 1. The Bertz CT molecular complexity index is 865. The molecular formula is C23H30N4O3. The van der Waals surface area contributed by atoms with Gasteiger partial charge >= 0.3 is 0 Å². The third-order valence-electron chi connectivity index (χ3n) is 6.82. The summed E-state index contributed by atoms with van der Waals surface area (Å²) in [6.07, 6.45) is 2.37. The number of morpholine rings is 1. The van der Waals surface area contributed by atoms with Gasteiger partial charge in [-0.3, -0.25) is 9.69 Å². The van der Waals surface area contributed by atoms with E-state index in [2.05, 4.69) is 27.0 Å². The maximum absolute atomic E-state index is 12.8. The first kappa shape index (κ1) is 19.5. The SMILES string of the molecule is CC1[C@H](NC(=O)c2ccc(Oc3ccc(N4CCOCC4)[nH]3)cc2)C2CCN1CC2. The minimum atomic E-state index is 0.00151. The van der Waals surface area contributed by atoms with E-state index in [-0.39, 0.29) is 11.9 Å². The van der Waals surface area contributed by atoms with Gasteiger partial charge < -0.3 is 24.7 Å². The molecule has 30 heavy (non-hydrogen) atoms. The molecule has 160 valence electrons. The molecule has 5 heterocycles. The number of hydrogen-bond donors (Lipinski definition) is 2. The average molecular weight is 411 g/mol. The maximum Gasteiger partial charge on any atom is 0.251 e. The summed E-state index contributed by atoms with van der Waals surface area (Å²) >= 11 is 0. The van der Waals surface area contributed by atoms with Crippen LogP contribution >= 0.6 is 0 Å². The monoisotopic (exact) mass is 410 g/mol. The molecule has 1 amide bonds. The molecule has 1 aromatic carbocycles. The zero-order valence-electron chi connectivity index (χ0n) is 17.5. The molecule has 2 atom stereocenters. The van der Waals surface area contributed by atoms with Crippen molar-refractivity contribution in [3.8, 4) is 11.6 Å². The molecule has 4 fully saturated rings. The lowest BCUT2D eigenvalue weighted by atomic mass is 9.79. The van der Waals surface area contributed by atoms with Crippen molar-refractivity contribution in [2.24, 2.45) is 5.92 Å². The summed E-state index contributed by atoms with van der Waals surface area (Å²) in [5.74, 6) is 3.04. The first-order valence-electron chi connectivity index (χ1n) is 11.0. The van der Waals surface area contributed by atoms with Crippen molar-refractivity contribution in [1.29, 1.82) is 0 Å². The number of carbonyl (C=O) groups is 1. The fraction of sp³-hybridized carbons (Fsp3) is 0.522. The van der Waals surface area contributed by atoms with Crippen molar-refractivity contribution in [3.63, 3.8) is 0 Å². The zero-order chi connectivity index (χ0) is 20.5. The summed E-state index contributed by atoms with van der Waals surface area (Å²) in [7, 11) is 0. The molecular weight excluding hydrogens is 380 g/mol. The summed E-state index contributed by atoms with van der Waals surface area (Å²) in [6, 6.07) is 12.0. The Labute approximate surface area is 177 Å². The number of anilines is 1. The standard InChI is InChI=1S/C23H30N4O3/c1-16-22(17-8-10-26(16)11-9-17)25-23(28)18-2-4-19(5-3-18)30-21-7-6-20(24-21)27-12-14-29-15-13-27/h2-7,16-17,22,24H,8-15H2,1H3,(H,25,28)/t16?,22-/m0/s1. The van der Waals surface area contributed by atoms with Gasteiger partial charge in [0.05, 0.1) is 13.2 Å². The number of carbonyl (C=O) groups excluding carboxylic acids is 1. The number of fused-ring (bicyclic) bond motifs is 3. The van der Waals surface area contributed by atoms with Crippen LogP contribution in [0.3, 0.4) is 0 Å². The summed E-state index contributed by atoms with van der Waals surface area (Å²) in [5.41, 5.74) is 0.673. The van der Waals surface area contributed by atoms with Gasteiger partial charge in [0.2, 0.25) is 0 Å². The minimum absolute atomic E-state index is 0.00151. The Morgan fingerprint density at radius 3 is 2.50 bits per heavy atom. The van der Waals surface area contributed by atoms with Gasteiger partial charge in [0, 0.05) is 36.8 Å². The van der Waals surface area contributed by atoms with Gasteiger partial charge in [-0.1, -0.05) is 0 Å². The average Bonchev–Trinajstić information content (AvgIpc) is 3.26. The van der Waals surface area contributed by atoms with E-state index in [1.165, 1.54) is 12.8 Å². The number of benzene rings is 1. The number of H-pyrrole nitrogens is 1. The van der Waals surface area contributed by atoms with Gasteiger partial charge in [-0.15, -0.1) is 0 Å². The van der Waals surface area contributed by atoms with Crippen LogP contribution < -0.4 is 15.0 Å². The number of nitrogens with one attached hydrogen (secondary N) is 2. The van der Waals surface area contributed by atoms with Gasteiger partial charge in [0.1, 0.15) is 11.6 Å². The van der Waals surface area contributed by atoms with Gasteiger partial charge in [0.15, 0.2) is 5.88 Å². The highest BCUT2D eigenvalue weighted by molar-refractivity contribution is 5.94. The fourth-order valence-electron chi connectivity index (χ4n) is 4.99. The van der Waals surface area contributed by atoms with E-state index in [9.17, 15) is 4.79 Å². The van der Waals surface area contributed by atoms with E-state index >= 15 is 0 Å². The summed E-state index contributed by atoms with van der Waals surface area (Å²) < 4.78 is 11.3. The normalized spacial score (nSPS) is 28.4. The molecule has 1 aromatic heterocycles. The molecule has 7 heteroatoms. The van der Waals surface area contributed by atoms with E-state index in [4.69, 9.17) is 9.47 Å². The lowest BCUT2D eigenvalue weighted by Gasteiger charge is -2.49. The predicted octanol–water partition coefficient (Wildman–Crippen LogP) is 2.86. The lowest BCUT2D eigenvalue weighted by molar-refractivity contribution is 0.0217. The number of ether oxygens (including phenoxy) is 2. The highest BCUT2D eigenvalue weighted by atomic mass is 16.5. The molecule has 2 bridgehead atoms. The Kier molecular flexibility index (Phi) is 5.39. The molecule has 1 unspecified atom stereocenters. The van der Waals surface area contributed by atoms with Crippen LogP contribution in [-0.2, 0) is 4.74 Å². The maximum atomic E-state index is 12.8. The van der Waals surface area contributed by atoms with E-state index < -0.39 is 0 Å². The Morgan fingerprint density at radius 2 is 1.80 bits per heavy atom. The van der Waals surface area contributed by atoms with Gasteiger partial charge in [-0.05, 0) is 69.1 Å². The summed E-state index contributed by atoms with van der Waals surface area (Å²) in [5, 5.41) is 3.28. The van der Waals surface area contributed by atoms with E-state index in [1.54, 1.807) is 0 Å². The van der Waals surface area contributed by atoms with Crippen LogP contribution in [0.1, 0.15) is 30.1 Å². The Morgan fingerprint density at radius 1 is 1.07 bits per heavy atom. The van der Waals surface area contributed by atoms with Crippen molar-refractivity contribution in [2.75, 3.05) is 44.3 Å². The summed E-state index contributed by atoms with van der Waals surface area (Å²) in [6.45, 7) is 7.81. The van der Waals surface area contributed by atoms with Crippen LogP contribution in [0.25, 0.3) is 0 Å². The molecule has 2 aromatic rings. The van der Waals surface area contributed by atoms with Crippen LogP contribution in [0.2, 0.25) is 0 Å². The van der Waals surface area contributed by atoms with Crippen molar-refractivity contribution in [2.45, 2.75) is 31.8 Å². The van der Waals surface area contributed by atoms with Gasteiger partial charge in [-0.2, -0.15) is 0 Å². The second-order valence-corrected chi connectivity index (χ2v) is 8.55. The quantitative estimate of drug-likeness (QED) is 0.793. The molecule has 0 radical (unpaired) electrons. The number of amides is 1. The summed E-state index contributed by atoms with van der Waals surface area (Å²) in [4.78, 5) is 20.8. The second kappa shape index (κ2) is 8.32. The molecule has 0 saturated carbocycles. The largest absolute Gasteiger partial charge is 0.441 e. The molecule has 7 nitrogen and oxygen atoms in total. The lowest BCUT2D eigenvalue weighted by Crippen LogP contribution is -2.62. The number of aromatic nitrogens is 1. The second-order valence-electron chi connectivity index (χ2n) is 8.55. The van der Waals surface area contributed by atoms with Crippen LogP contribution in [-0.4, -0.2) is 67.3 Å². The van der Waals surface area contributed by atoms with Crippen molar-refractivity contribution in [3.05, 3.63) is 42.0 Å². The first-order valence-corrected chi connectivity index (χ1v) is 11.0. The highest BCUT2D eigenvalue weighted by Crippen LogP contribution is 2.32. The topological polar surface area (TPSA) is 69.8 Å². The minimum Gasteiger partial charge on any atom is -0.441 e. The number of piperidine rings is 3. The zero-order valence-corrected chi connectivity index (χ0v) is 17.5. The van der Waals surface area contributed by atoms with Crippen molar-refractivity contribution in [1.82, 2.24) is 15.2 Å². The Balaban J connectivity index is 1.19. The van der Waals surface area contributed by atoms with Crippen LogP contribution in [0, 0.1) is 5.92 Å². The molecule has 4 saturated heterocycles. The third-order valence-corrected chi connectivity index (χ3v) is 6.82.